The van der Waals surface area contributed by atoms with Crippen LogP contribution in [-0.4, -0.2) is 76.3 Å². The maximum atomic E-state index is 3.28. The minimum Gasteiger partial charge on any atom is -0.320 e. The first-order chi connectivity index (χ1) is 13.3. The van der Waals surface area contributed by atoms with Gasteiger partial charge in [-0.05, 0) is 123 Å². The Morgan fingerprint density at radius 1 is 0.667 bits per heavy atom. The van der Waals surface area contributed by atoms with Gasteiger partial charge in [0, 0.05) is 13.1 Å². The van der Waals surface area contributed by atoms with Crippen LogP contribution in [0.4, 0.5) is 0 Å². The summed E-state index contributed by atoms with van der Waals surface area (Å²) in [7, 11) is 4.13. The summed E-state index contributed by atoms with van der Waals surface area (Å²) in [5, 5.41) is 6.55. The van der Waals surface area contributed by atoms with E-state index in [2.05, 4.69) is 34.5 Å². The smallest absolute Gasteiger partial charge is 0.000967 e. The zero-order valence-electron chi connectivity index (χ0n) is 18.5. The molecular formula is C23H48N4. The third-order valence-corrected chi connectivity index (χ3v) is 6.73. The summed E-state index contributed by atoms with van der Waals surface area (Å²) in [4.78, 5) is 5.54. The van der Waals surface area contributed by atoms with Crippen LogP contribution < -0.4 is 10.6 Å². The molecule has 2 aliphatic rings. The van der Waals surface area contributed by atoms with Gasteiger partial charge in [-0.3, -0.25) is 0 Å². The molecule has 0 saturated carbocycles. The summed E-state index contributed by atoms with van der Waals surface area (Å²) >= 11 is 0. The average molecular weight is 381 g/mol. The molecule has 2 aliphatic heterocycles. The van der Waals surface area contributed by atoms with Gasteiger partial charge in [0.15, 0.2) is 0 Å². The van der Waals surface area contributed by atoms with Gasteiger partial charge in [-0.25, -0.2) is 0 Å². The Hall–Kier alpha value is -0.160. The standard InChI is InChI=1S/C23H48N4/c1-24-14-5-3-10-22-12-7-16-26(20-22)18-9-19-27-17-8-13-23(21-27)11-4-6-15-25-2/h22-25H,3-21H2,1-2H3. The lowest BCUT2D eigenvalue weighted by atomic mass is 9.92. The Kier molecular flexibility index (Phi) is 12.7. The molecule has 2 heterocycles. The fourth-order valence-electron chi connectivity index (χ4n) is 5.17. The van der Waals surface area contributed by atoms with Crippen LogP contribution in [-0.2, 0) is 0 Å². The van der Waals surface area contributed by atoms with E-state index in [1.54, 1.807) is 0 Å². The lowest BCUT2D eigenvalue weighted by Gasteiger charge is -2.35. The van der Waals surface area contributed by atoms with Crippen LogP contribution in [0.3, 0.4) is 0 Å². The van der Waals surface area contributed by atoms with Gasteiger partial charge in [0.2, 0.25) is 0 Å². The van der Waals surface area contributed by atoms with Crippen LogP contribution >= 0.6 is 0 Å². The Labute approximate surface area is 169 Å². The van der Waals surface area contributed by atoms with E-state index in [-0.39, 0.29) is 0 Å². The van der Waals surface area contributed by atoms with Gasteiger partial charge in [-0.15, -0.1) is 0 Å². The van der Waals surface area contributed by atoms with Crippen LogP contribution in [0.5, 0.6) is 0 Å². The summed E-state index contributed by atoms with van der Waals surface area (Å²) in [5.74, 6) is 1.93. The third-order valence-electron chi connectivity index (χ3n) is 6.73. The number of likely N-dealkylation sites (tertiary alicyclic amines) is 2. The summed E-state index contributed by atoms with van der Waals surface area (Å²) in [6, 6.07) is 0. The number of hydrogen-bond acceptors (Lipinski definition) is 4. The average Bonchev–Trinajstić information content (AvgIpc) is 2.69. The van der Waals surface area contributed by atoms with E-state index in [9.17, 15) is 0 Å². The lowest BCUT2D eigenvalue weighted by molar-refractivity contribution is 0.136. The van der Waals surface area contributed by atoms with E-state index in [1.165, 1.54) is 123 Å². The van der Waals surface area contributed by atoms with Gasteiger partial charge < -0.3 is 20.4 Å². The minimum absolute atomic E-state index is 0.965. The quantitative estimate of drug-likeness (QED) is 0.451. The Morgan fingerprint density at radius 2 is 1.15 bits per heavy atom. The molecule has 2 N–H and O–H groups in total. The predicted octanol–water partition coefficient (Wildman–Crippen LogP) is 3.58. The largest absolute Gasteiger partial charge is 0.320 e. The second-order valence-electron chi connectivity index (χ2n) is 9.17. The summed E-state index contributed by atoms with van der Waals surface area (Å²) in [6.07, 6.45) is 15.6. The Bertz CT molecular complexity index is 317. The van der Waals surface area contributed by atoms with E-state index in [0.29, 0.717) is 0 Å². The highest BCUT2D eigenvalue weighted by molar-refractivity contribution is 4.76. The van der Waals surface area contributed by atoms with Gasteiger partial charge in [0.1, 0.15) is 0 Å². The second kappa shape index (κ2) is 14.8. The summed E-state index contributed by atoms with van der Waals surface area (Å²) in [5.41, 5.74) is 0. The van der Waals surface area contributed by atoms with Crippen LogP contribution in [0.2, 0.25) is 0 Å². The van der Waals surface area contributed by atoms with Crippen molar-refractivity contribution in [1.82, 2.24) is 20.4 Å². The predicted molar refractivity (Wildman–Crippen MR) is 119 cm³/mol. The molecule has 2 atom stereocenters. The molecule has 0 spiro atoms. The number of hydrogen-bond donors (Lipinski definition) is 2. The molecule has 0 amide bonds. The van der Waals surface area contributed by atoms with E-state index < -0.39 is 0 Å². The number of rotatable bonds is 14. The minimum atomic E-state index is 0.965. The van der Waals surface area contributed by atoms with Gasteiger partial charge >= 0.3 is 0 Å². The zero-order valence-corrected chi connectivity index (χ0v) is 18.5. The van der Waals surface area contributed by atoms with E-state index in [4.69, 9.17) is 0 Å². The molecule has 0 aromatic rings. The molecule has 27 heavy (non-hydrogen) atoms. The zero-order chi connectivity index (χ0) is 19.2. The number of piperidine rings is 2. The van der Waals surface area contributed by atoms with Crippen molar-refractivity contribution in [2.75, 3.05) is 66.5 Å². The number of nitrogens with one attached hydrogen (secondary N) is 2. The van der Waals surface area contributed by atoms with Crippen molar-refractivity contribution >= 4 is 0 Å². The van der Waals surface area contributed by atoms with E-state index >= 15 is 0 Å². The molecule has 2 saturated heterocycles. The molecule has 160 valence electrons. The van der Waals surface area contributed by atoms with Crippen LogP contribution in [0.15, 0.2) is 0 Å². The van der Waals surface area contributed by atoms with E-state index in [0.717, 1.165) is 11.8 Å². The highest BCUT2D eigenvalue weighted by Crippen LogP contribution is 2.23. The molecule has 0 aromatic heterocycles. The van der Waals surface area contributed by atoms with Gasteiger partial charge in [0.05, 0.1) is 0 Å². The molecule has 4 heteroatoms. The normalized spacial score (nSPS) is 25.1. The van der Waals surface area contributed by atoms with Crippen LogP contribution in [0, 0.1) is 11.8 Å². The molecular weight excluding hydrogens is 332 g/mol. The molecule has 2 rings (SSSR count). The topological polar surface area (TPSA) is 30.5 Å². The highest BCUT2D eigenvalue weighted by Gasteiger charge is 2.21. The van der Waals surface area contributed by atoms with Crippen molar-refractivity contribution in [3.05, 3.63) is 0 Å². The number of nitrogens with zero attached hydrogens (tertiary/aromatic N) is 2. The van der Waals surface area contributed by atoms with Gasteiger partial charge in [-0.1, -0.05) is 12.8 Å². The second-order valence-corrected chi connectivity index (χ2v) is 9.17. The number of unbranched alkanes of at least 4 members (excludes halogenated alkanes) is 2. The fraction of sp³-hybridized carbons (Fsp3) is 1.00. The lowest BCUT2D eigenvalue weighted by Crippen LogP contribution is -2.39. The fourth-order valence-corrected chi connectivity index (χ4v) is 5.17. The van der Waals surface area contributed by atoms with Crippen LogP contribution in [0.1, 0.15) is 70.6 Å². The van der Waals surface area contributed by atoms with Crippen molar-refractivity contribution in [2.24, 2.45) is 11.8 Å². The van der Waals surface area contributed by atoms with E-state index in [1.807, 2.05) is 0 Å². The molecule has 2 unspecified atom stereocenters. The molecule has 0 bridgehead atoms. The Morgan fingerprint density at radius 3 is 1.59 bits per heavy atom. The third kappa shape index (κ3) is 10.3. The maximum absolute atomic E-state index is 3.28. The highest BCUT2D eigenvalue weighted by atomic mass is 15.2. The molecule has 0 aliphatic carbocycles. The first kappa shape index (κ1) is 23.1. The van der Waals surface area contributed by atoms with Crippen molar-refractivity contribution in [3.8, 4) is 0 Å². The van der Waals surface area contributed by atoms with Crippen molar-refractivity contribution in [2.45, 2.75) is 70.6 Å². The molecule has 0 radical (unpaired) electrons. The molecule has 2 fully saturated rings. The maximum Gasteiger partial charge on any atom is 0.000967 e. The molecule has 4 nitrogen and oxygen atoms in total. The summed E-state index contributed by atoms with van der Waals surface area (Å²) < 4.78 is 0. The van der Waals surface area contributed by atoms with Gasteiger partial charge in [0.25, 0.3) is 0 Å². The van der Waals surface area contributed by atoms with Crippen LogP contribution in [0.25, 0.3) is 0 Å². The van der Waals surface area contributed by atoms with Crippen molar-refractivity contribution in [1.29, 1.82) is 0 Å². The Balaban J connectivity index is 1.54. The van der Waals surface area contributed by atoms with Crippen molar-refractivity contribution < 1.29 is 0 Å². The molecule has 0 aromatic carbocycles. The SMILES string of the molecule is CNCCCCC1CCCN(CCCN2CCCC(CCCCNC)C2)C1. The van der Waals surface area contributed by atoms with Crippen molar-refractivity contribution in [3.63, 3.8) is 0 Å². The first-order valence-corrected chi connectivity index (χ1v) is 12.1. The summed E-state index contributed by atoms with van der Waals surface area (Å²) in [6.45, 7) is 10.5. The first-order valence-electron chi connectivity index (χ1n) is 12.1. The monoisotopic (exact) mass is 380 g/mol. The van der Waals surface area contributed by atoms with Gasteiger partial charge in [-0.2, -0.15) is 0 Å².